The Kier molecular flexibility index (Phi) is 4.94. The molecule has 0 bridgehead atoms. The van der Waals surface area contributed by atoms with Crippen LogP contribution < -0.4 is 0 Å². The molecule has 0 N–H and O–H groups in total. The minimum Gasteiger partial charge on any atom is -0.0988 e. The molecule has 11 heavy (non-hydrogen) atoms. The van der Waals surface area contributed by atoms with E-state index in [-0.39, 0.29) is 0 Å². The molecule has 0 aromatic heterocycles. The Hall–Kier alpha value is -1.22. The van der Waals surface area contributed by atoms with Gasteiger partial charge < -0.3 is 0 Å². The fourth-order valence-electron chi connectivity index (χ4n) is 0.572. The second-order valence-electron chi connectivity index (χ2n) is 2.27. The van der Waals surface area contributed by atoms with Crippen molar-refractivity contribution in [1.29, 1.82) is 0 Å². The third-order valence-corrected chi connectivity index (χ3v) is 1.15. The first-order valence-corrected chi connectivity index (χ1v) is 3.69. The van der Waals surface area contributed by atoms with E-state index in [4.69, 9.17) is 0 Å². The van der Waals surface area contributed by atoms with Crippen LogP contribution in [0.15, 0.2) is 36.5 Å². The third-order valence-electron chi connectivity index (χ3n) is 1.15. The van der Waals surface area contributed by atoms with Gasteiger partial charge in [0.1, 0.15) is 0 Å². The van der Waals surface area contributed by atoms with E-state index in [9.17, 15) is 0 Å². The van der Waals surface area contributed by atoms with Gasteiger partial charge in [-0.3, -0.25) is 0 Å². The summed E-state index contributed by atoms with van der Waals surface area (Å²) >= 11 is 0. The van der Waals surface area contributed by atoms with Gasteiger partial charge in [0, 0.05) is 12.0 Å². The van der Waals surface area contributed by atoms with Crippen LogP contribution in [0, 0.1) is 11.8 Å². The minimum absolute atomic E-state index is 0.851. The van der Waals surface area contributed by atoms with E-state index in [1.54, 1.807) is 6.08 Å². The molecule has 0 aliphatic heterocycles. The molecule has 58 valence electrons. The highest BCUT2D eigenvalue weighted by atomic mass is 13.9. The average Bonchev–Trinajstić information content (AvgIpc) is 2.00. The van der Waals surface area contributed by atoms with E-state index < -0.39 is 0 Å². The molecule has 0 nitrogen and oxygen atoms in total. The highest BCUT2D eigenvalue weighted by Gasteiger charge is 1.81. The minimum atomic E-state index is 0.851. The molecule has 0 saturated heterocycles. The summed E-state index contributed by atoms with van der Waals surface area (Å²) in [6.45, 7) is 11.4. The second-order valence-corrected chi connectivity index (χ2v) is 2.27. The summed E-state index contributed by atoms with van der Waals surface area (Å²) in [6, 6.07) is 0. The van der Waals surface area contributed by atoms with Crippen LogP contribution in [0.4, 0.5) is 0 Å². The Bertz CT molecular complexity index is 230. The van der Waals surface area contributed by atoms with Gasteiger partial charge in [-0.2, -0.15) is 0 Å². The summed E-state index contributed by atoms with van der Waals surface area (Å²) in [5.41, 5.74) is 1.95. The van der Waals surface area contributed by atoms with E-state index in [0.717, 1.165) is 17.6 Å². The molecule has 0 fully saturated rings. The van der Waals surface area contributed by atoms with E-state index in [0.29, 0.717) is 0 Å². The molecule has 0 aliphatic rings. The van der Waals surface area contributed by atoms with Crippen molar-refractivity contribution in [3.05, 3.63) is 36.5 Å². The van der Waals surface area contributed by atoms with Crippen molar-refractivity contribution >= 4 is 0 Å². The van der Waals surface area contributed by atoms with Crippen molar-refractivity contribution in [1.82, 2.24) is 0 Å². The zero-order chi connectivity index (χ0) is 8.69. The molecule has 0 atom stereocenters. The lowest BCUT2D eigenvalue weighted by Crippen LogP contribution is -1.71. The van der Waals surface area contributed by atoms with E-state index in [1.807, 2.05) is 19.9 Å². The molecular formula is C11H14. The van der Waals surface area contributed by atoms with Crippen molar-refractivity contribution in [3.63, 3.8) is 0 Å². The zero-order valence-electron chi connectivity index (χ0n) is 7.28. The van der Waals surface area contributed by atoms with Crippen molar-refractivity contribution in [3.8, 4) is 11.8 Å². The summed E-state index contributed by atoms with van der Waals surface area (Å²) in [6.07, 6.45) is 4.59. The Labute approximate surface area is 69.3 Å². The van der Waals surface area contributed by atoms with Crippen LogP contribution in [0.5, 0.6) is 0 Å². The normalized spacial score (nSPS) is 9.82. The van der Waals surface area contributed by atoms with Crippen LogP contribution in [-0.4, -0.2) is 0 Å². The third kappa shape index (κ3) is 5.24. The number of allylic oxidation sites excluding steroid dienone is 4. The molecule has 0 amide bonds. The Morgan fingerprint density at radius 3 is 2.64 bits per heavy atom. The summed E-state index contributed by atoms with van der Waals surface area (Å²) in [4.78, 5) is 0. The SMILES string of the molecule is C=C/C(C)=C\C(=C)C#CCC. The van der Waals surface area contributed by atoms with Crippen molar-refractivity contribution in [2.75, 3.05) is 0 Å². The maximum atomic E-state index is 3.78. The summed E-state index contributed by atoms with van der Waals surface area (Å²) in [7, 11) is 0. The monoisotopic (exact) mass is 146 g/mol. The lowest BCUT2D eigenvalue weighted by Gasteiger charge is -1.88. The van der Waals surface area contributed by atoms with Crippen LogP contribution in [-0.2, 0) is 0 Å². The lowest BCUT2D eigenvalue weighted by atomic mass is 10.2. The second kappa shape index (κ2) is 5.56. The van der Waals surface area contributed by atoms with Crippen molar-refractivity contribution in [2.45, 2.75) is 20.3 Å². The van der Waals surface area contributed by atoms with Gasteiger partial charge in [0.2, 0.25) is 0 Å². The van der Waals surface area contributed by atoms with Gasteiger partial charge in [0.05, 0.1) is 0 Å². The summed E-state index contributed by atoms with van der Waals surface area (Å²) in [5, 5.41) is 0. The smallest absolute Gasteiger partial charge is 0.0175 e. The van der Waals surface area contributed by atoms with Crippen molar-refractivity contribution in [2.24, 2.45) is 0 Å². The highest BCUT2D eigenvalue weighted by molar-refractivity contribution is 5.39. The van der Waals surface area contributed by atoms with Gasteiger partial charge in [0.15, 0.2) is 0 Å². The van der Waals surface area contributed by atoms with E-state index in [2.05, 4.69) is 25.0 Å². The van der Waals surface area contributed by atoms with Gasteiger partial charge in [-0.15, -0.1) is 0 Å². The van der Waals surface area contributed by atoms with Crippen LogP contribution in [0.3, 0.4) is 0 Å². The van der Waals surface area contributed by atoms with Crippen LogP contribution in [0.2, 0.25) is 0 Å². The van der Waals surface area contributed by atoms with Gasteiger partial charge in [0.25, 0.3) is 0 Å². The molecule has 0 heteroatoms. The molecule has 0 heterocycles. The predicted octanol–water partition coefficient (Wildman–Crippen LogP) is 3.09. The maximum Gasteiger partial charge on any atom is 0.0175 e. The molecule has 0 rings (SSSR count). The topological polar surface area (TPSA) is 0 Å². The van der Waals surface area contributed by atoms with Gasteiger partial charge in [-0.1, -0.05) is 43.6 Å². The van der Waals surface area contributed by atoms with Gasteiger partial charge in [-0.25, -0.2) is 0 Å². The molecule has 0 aliphatic carbocycles. The molecule has 0 radical (unpaired) electrons. The molecule has 0 spiro atoms. The molecule has 0 saturated carbocycles. The molecule has 0 aromatic rings. The fraction of sp³-hybridized carbons (Fsp3) is 0.273. The summed E-state index contributed by atoms with van der Waals surface area (Å²) < 4.78 is 0. The molecule has 0 aromatic carbocycles. The lowest BCUT2D eigenvalue weighted by molar-refractivity contribution is 1.28. The largest absolute Gasteiger partial charge is 0.0988 e. The molecular weight excluding hydrogens is 132 g/mol. The zero-order valence-corrected chi connectivity index (χ0v) is 7.28. The Morgan fingerprint density at radius 2 is 2.18 bits per heavy atom. The Morgan fingerprint density at radius 1 is 1.55 bits per heavy atom. The van der Waals surface area contributed by atoms with Gasteiger partial charge >= 0.3 is 0 Å². The first-order chi connectivity index (χ1) is 5.20. The summed E-state index contributed by atoms with van der Waals surface area (Å²) in [5.74, 6) is 5.88. The Balaban J connectivity index is 4.17. The highest BCUT2D eigenvalue weighted by Crippen LogP contribution is 1.99. The number of rotatable bonds is 2. The maximum absolute atomic E-state index is 3.78. The quantitative estimate of drug-likeness (QED) is 0.415. The standard InChI is InChI=1S/C11H14/c1-5-7-8-11(4)9-10(3)6-2/h6,9H,2,4-5H2,1,3H3/b10-9-. The van der Waals surface area contributed by atoms with Crippen molar-refractivity contribution < 1.29 is 0 Å². The predicted molar refractivity (Wildman–Crippen MR) is 51.2 cm³/mol. The van der Waals surface area contributed by atoms with Crippen LogP contribution >= 0.6 is 0 Å². The van der Waals surface area contributed by atoms with Crippen LogP contribution in [0.25, 0.3) is 0 Å². The fourth-order valence-corrected chi connectivity index (χ4v) is 0.572. The van der Waals surface area contributed by atoms with E-state index in [1.165, 1.54) is 0 Å². The van der Waals surface area contributed by atoms with Gasteiger partial charge in [-0.05, 0) is 13.0 Å². The first kappa shape index (κ1) is 9.78. The average molecular weight is 146 g/mol. The first-order valence-electron chi connectivity index (χ1n) is 3.69. The molecule has 0 unspecified atom stereocenters. The van der Waals surface area contributed by atoms with Crippen LogP contribution in [0.1, 0.15) is 20.3 Å². The van der Waals surface area contributed by atoms with E-state index >= 15 is 0 Å². The number of hydrogen-bond donors (Lipinski definition) is 0. The number of hydrogen-bond acceptors (Lipinski definition) is 0.